The van der Waals surface area contributed by atoms with Gasteiger partial charge in [0.15, 0.2) is 0 Å². The second kappa shape index (κ2) is 6.39. The average molecular weight is 303 g/mol. The second-order valence-corrected chi connectivity index (χ2v) is 6.55. The Kier molecular flexibility index (Phi) is 4.50. The van der Waals surface area contributed by atoms with Gasteiger partial charge in [-0.1, -0.05) is 18.2 Å². The van der Waals surface area contributed by atoms with Crippen molar-refractivity contribution in [2.45, 2.75) is 56.8 Å². The van der Waals surface area contributed by atoms with E-state index in [1.165, 1.54) is 17.5 Å². The third-order valence-electron chi connectivity index (χ3n) is 5.23. The molecule has 3 atom stereocenters. The first-order valence-corrected chi connectivity index (χ1v) is 8.17. The molecule has 0 aromatic heterocycles. The topological polar surface area (TPSA) is 49.8 Å². The maximum Gasteiger partial charge on any atom is 0.227 e. The first-order chi connectivity index (χ1) is 10.6. The van der Waals surface area contributed by atoms with Crippen LogP contribution in [0.3, 0.4) is 0 Å². The van der Waals surface area contributed by atoms with E-state index in [-0.39, 0.29) is 18.1 Å². The Balaban J connectivity index is 1.64. The first kappa shape index (κ1) is 15.5. The highest BCUT2D eigenvalue weighted by Gasteiger charge is 2.38. The minimum atomic E-state index is -0.584. The summed E-state index contributed by atoms with van der Waals surface area (Å²) in [6.45, 7) is 0. The number of amides is 1. The molecule has 4 nitrogen and oxygen atoms in total. The molecule has 2 aliphatic rings. The summed E-state index contributed by atoms with van der Waals surface area (Å²) in [5.41, 5.74) is 3.90. The standard InChI is InChI=1S/C18H25NO3/c1-19(15-8-9-16(22-2)18(15)21)17(20)11-12-6-7-13-4-3-5-14(13)10-12/h6-7,10,15-16,18,21H,3-5,8-9,11H2,1-2H3/t15-,16-,18-/m1/s1. The van der Waals surface area contributed by atoms with Gasteiger partial charge in [0.25, 0.3) is 0 Å². The highest BCUT2D eigenvalue weighted by Crippen LogP contribution is 2.27. The fraction of sp³-hybridized carbons (Fsp3) is 0.611. The van der Waals surface area contributed by atoms with Gasteiger partial charge < -0.3 is 14.7 Å². The number of nitrogens with zero attached hydrogens (tertiary/aromatic N) is 1. The van der Waals surface area contributed by atoms with Crippen LogP contribution in [-0.2, 0) is 28.8 Å². The number of carbonyl (C=O) groups is 1. The number of aliphatic hydroxyl groups excluding tert-OH is 1. The molecular formula is C18H25NO3. The largest absolute Gasteiger partial charge is 0.388 e. The molecular weight excluding hydrogens is 278 g/mol. The molecule has 0 unspecified atom stereocenters. The summed E-state index contributed by atoms with van der Waals surface area (Å²) in [4.78, 5) is 14.2. The maximum atomic E-state index is 12.5. The summed E-state index contributed by atoms with van der Waals surface area (Å²) in [7, 11) is 3.41. The Morgan fingerprint density at radius 2 is 2.09 bits per heavy atom. The molecule has 4 heteroatoms. The molecule has 1 amide bonds. The van der Waals surface area contributed by atoms with Crippen molar-refractivity contribution in [2.24, 2.45) is 0 Å². The van der Waals surface area contributed by atoms with Crippen LogP contribution in [0.25, 0.3) is 0 Å². The monoisotopic (exact) mass is 303 g/mol. The normalized spacial score (nSPS) is 27.0. The van der Waals surface area contributed by atoms with Crippen molar-refractivity contribution in [3.05, 3.63) is 34.9 Å². The molecule has 120 valence electrons. The summed E-state index contributed by atoms with van der Waals surface area (Å²) in [5.74, 6) is 0.0683. The SMILES string of the molecule is CO[C@@H]1CC[C@@H](N(C)C(=O)Cc2ccc3c(c2)CCC3)[C@H]1O. The molecule has 1 aromatic rings. The van der Waals surface area contributed by atoms with Crippen molar-refractivity contribution in [2.75, 3.05) is 14.2 Å². The third-order valence-corrected chi connectivity index (χ3v) is 5.23. The third kappa shape index (κ3) is 2.90. The summed E-state index contributed by atoms with van der Waals surface area (Å²) in [5, 5.41) is 10.2. The zero-order chi connectivity index (χ0) is 15.7. The Morgan fingerprint density at radius 3 is 2.82 bits per heavy atom. The van der Waals surface area contributed by atoms with Crippen LogP contribution in [-0.4, -0.2) is 48.3 Å². The van der Waals surface area contributed by atoms with Crippen molar-refractivity contribution in [3.8, 4) is 0 Å². The average Bonchev–Trinajstić information content (AvgIpc) is 3.12. The van der Waals surface area contributed by atoms with Crippen molar-refractivity contribution in [1.82, 2.24) is 4.90 Å². The number of fused-ring (bicyclic) bond motifs is 1. The molecule has 3 rings (SSSR count). The van der Waals surface area contributed by atoms with Gasteiger partial charge in [-0.2, -0.15) is 0 Å². The van der Waals surface area contributed by atoms with Crippen molar-refractivity contribution >= 4 is 5.91 Å². The number of benzene rings is 1. The number of ether oxygens (including phenoxy) is 1. The lowest BCUT2D eigenvalue weighted by Gasteiger charge is -2.28. The summed E-state index contributed by atoms with van der Waals surface area (Å²) < 4.78 is 5.26. The van der Waals surface area contributed by atoms with Crippen LogP contribution in [0.15, 0.2) is 18.2 Å². The number of carbonyl (C=O) groups excluding carboxylic acids is 1. The lowest BCUT2D eigenvalue weighted by molar-refractivity contribution is -0.134. The summed E-state index contributed by atoms with van der Waals surface area (Å²) in [6.07, 6.45) is 4.79. The smallest absolute Gasteiger partial charge is 0.227 e. The molecule has 0 saturated heterocycles. The van der Waals surface area contributed by atoms with E-state index in [4.69, 9.17) is 4.74 Å². The Morgan fingerprint density at radius 1 is 1.32 bits per heavy atom. The lowest BCUT2D eigenvalue weighted by atomic mass is 10.0. The van der Waals surface area contributed by atoms with Gasteiger partial charge in [0.05, 0.1) is 18.6 Å². The number of hydrogen-bond acceptors (Lipinski definition) is 3. The van der Waals surface area contributed by atoms with E-state index in [9.17, 15) is 9.90 Å². The highest BCUT2D eigenvalue weighted by molar-refractivity contribution is 5.79. The van der Waals surface area contributed by atoms with Gasteiger partial charge in [0.2, 0.25) is 5.91 Å². The van der Waals surface area contributed by atoms with E-state index >= 15 is 0 Å². The van der Waals surface area contributed by atoms with E-state index in [1.54, 1.807) is 19.1 Å². The molecule has 0 bridgehead atoms. The molecule has 1 saturated carbocycles. The van der Waals surface area contributed by atoms with Gasteiger partial charge in [-0.15, -0.1) is 0 Å². The molecule has 0 heterocycles. The van der Waals surface area contributed by atoms with Gasteiger partial charge in [-0.25, -0.2) is 0 Å². The van der Waals surface area contributed by atoms with Gasteiger partial charge in [-0.05, 0) is 48.8 Å². The minimum absolute atomic E-state index is 0.0683. The van der Waals surface area contributed by atoms with Crippen LogP contribution in [0.5, 0.6) is 0 Å². The van der Waals surface area contributed by atoms with Crippen LogP contribution < -0.4 is 0 Å². The van der Waals surface area contributed by atoms with Crippen LogP contribution in [0.4, 0.5) is 0 Å². The van der Waals surface area contributed by atoms with E-state index in [2.05, 4.69) is 18.2 Å². The van der Waals surface area contributed by atoms with E-state index in [0.29, 0.717) is 6.42 Å². The van der Waals surface area contributed by atoms with Gasteiger partial charge in [-0.3, -0.25) is 4.79 Å². The van der Waals surface area contributed by atoms with Gasteiger partial charge in [0, 0.05) is 14.2 Å². The zero-order valence-electron chi connectivity index (χ0n) is 13.4. The Bertz CT molecular complexity index is 557. The quantitative estimate of drug-likeness (QED) is 0.921. The number of hydrogen-bond donors (Lipinski definition) is 1. The molecule has 0 radical (unpaired) electrons. The highest BCUT2D eigenvalue weighted by atomic mass is 16.5. The molecule has 22 heavy (non-hydrogen) atoms. The van der Waals surface area contributed by atoms with E-state index in [0.717, 1.165) is 31.2 Å². The Hall–Kier alpha value is -1.39. The predicted octanol–water partition coefficient (Wildman–Crippen LogP) is 1.71. The fourth-order valence-electron chi connectivity index (χ4n) is 3.82. The number of methoxy groups -OCH3 is 1. The lowest BCUT2D eigenvalue weighted by Crippen LogP contribution is -2.45. The number of aliphatic hydroxyl groups is 1. The van der Waals surface area contributed by atoms with Crippen molar-refractivity contribution in [3.63, 3.8) is 0 Å². The Labute approximate surface area is 132 Å². The number of rotatable bonds is 4. The molecule has 0 aliphatic heterocycles. The number of aryl methyl sites for hydroxylation is 2. The van der Waals surface area contributed by atoms with Crippen LogP contribution in [0, 0.1) is 0 Å². The first-order valence-electron chi connectivity index (χ1n) is 8.17. The zero-order valence-corrected chi connectivity index (χ0v) is 13.4. The van der Waals surface area contributed by atoms with Gasteiger partial charge in [0.1, 0.15) is 6.10 Å². The van der Waals surface area contributed by atoms with Crippen molar-refractivity contribution in [1.29, 1.82) is 0 Å². The van der Waals surface area contributed by atoms with Crippen molar-refractivity contribution < 1.29 is 14.6 Å². The van der Waals surface area contributed by atoms with Crippen LogP contribution in [0.1, 0.15) is 36.0 Å². The fourth-order valence-corrected chi connectivity index (χ4v) is 3.82. The maximum absolute atomic E-state index is 12.5. The second-order valence-electron chi connectivity index (χ2n) is 6.55. The summed E-state index contributed by atoms with van der Waals surface area (Å²) >= 11 is 0. The number of likely N-dealkylation sites (N-methyl/N-ethyl adjacent to an activating group) is 1. The van der Waals surface area contributed by atoms with E-state index in [1.807, 2.05) is 0 Å². The minimum Gasteiger partial charge on any atom is -0.388 e. The molecule has 1 aromatic carbocycles. The molecule has 0 spiro atoms. The molecule has 1 N–H and O–H groups in total. The van der Waals surface area contributed by atoms with Gasteiger partial charge >= 0.3 is 0 Å². The van der Waals surface area contributed by atoms with Crippen LogP contribution >= 0.6 is 0 Å². The van der Waals surface area contributed by atoms with Crippen LogP contribution in [0.2, 0.25) is 0 Å². The predicted molar refractivity (Wildman–Crippen MR) is 84.8 cm³/mol. The van der Waals surface area contributed by atoms with E-state index < -0.39 is 6.10 Å². The molecule has 2 aliphatic carbocycles. The summed E-state index contributed by atoms with van der Waals surface area (Å²) in [6, 6.07) is 6.28. The molecule has 1 fully saturated rings.